The monoisotopic (exact) mass is 479 g/mol. The smallest absolute Gasteiger partial charge is 1.00 e. The van der Waals surface area contributed by atoms with Crippen LogP contribution in [-0.4, -0.2) is 9.97 Å². The van der Waals surface area contributed by atoms with Gasteiger partial charge >= 0.3 is 21.1 Å². The van der Waals surface area contributed by atoms with Crippen molar-refractivity contribution in [2.24, 2.45) is 0 Å². The first-order valence-electron chi connectivity index (χ1n) is 5.64. The number of rotatable bonds is 2. The van der Waals surface area contributed by atoms with E-state index in [1.807, 2.05) is 24.5 Å². The molecular weight excluding hydrogens is 462 g/mol. The summed E-state index contributed by atoms with van der Waals surface area (Å²) in [6, 6.07) is 8.07. The van der Waals surface area contributed by atoms with Crippen molar-refractivity contribution in [3.63, 3.8) is 0 Å². The number of hydrogen-bond acceptors (Lipinski definition) is 2. The fraction of sp³-hybridized carbons (Fsp3) is 0.286. The molecule has 0 aliphatic rings. The molecule has 0 N–H and O–H groups in total. The molecule has 0 atom stereocenters. The summed E-state index contributed by atoms with van der Waals surface area (Å²) < 4.78 is 0. The molecule has 2 aromatic heterocycles. The summed E-state index contributed by atoms with van der Waals surface area (Å²) in [5.41, 5.74) is 2.60. The fourth-order valence-electron chi connectivity index (χ4n) is 1.21. The van der Waals surface area contributed by atoms with Gasteiger partial charge in [0.2, 0.25) is 0 Å². The van der Waals surface area contributed by atoms with Crippen LogP contribution in [0.5, 0.6) is 0 Å². The molecule has 0 amide bonds. The van der Waals surface area contributed by atoms with E-state index in [4.69, 9.17) is 0 Å². The number of pyridine rings is 2. The normalized spacial score (nSPS) is 7.68. The van der Waals surface area contributed by atoms with Crippen molar-refractivity contribution in [3.05, 3.63) is 60.2 Å². The molecule has 0 bridgehead atoms. The molecule has 0 aromatic carbocycles. The van der Waals surface area contributed by atoms with E-state index in [0.717, 1.165) is 12.8 Å². The van der Waals surface area contributed by atoms with Crippen molar-refractivity contribution in [2.45, 2.75) is 26.7 Å². The Morgan fingerprint density at radius 3 is 1.32 bits per heavy atom. The number of halogens is 2. The average Bonchev–Trinajstić information content (AvgIpc) is 2.41. The summed E-state index contributed by atoms with van der Waals surface area (Å²) in [6.45, 7) is 4.24. The third-order valence-electron chi connectivity index (χ3n) is 2.26. The van der Waals surface area contributed by atoms with E-state index in [0.29, 0.717) is 0 Å². The Morgan fingerprint density at radius 2 is 1.16 bits per heavy atom. The molecule has 2 nitrogen and oxygen atoms in total. The van der Waals surface area contributed by atoms with Crippen molar-refractivity contribution < 1.29 is 45.9 Å². The van der Waals surface area contributed by atoms with Gasteiger partial charge in [0.1, 0.15) is 0 Å². The summed E-state index contributed by atoms with van der Waals surface area (Å²) in [5.74, 6) is 0. The Hall–Kier alpha value is -0.432. The molecule has 0 unspecified atom stereocenters. The third kappa shape index (κ3) is 11.1. The molecule has 108 valence electrons. The Balaban J connectivity index is -0.000000233. The molecule has 5 heteroatoms. The SMILES string of the molecule is CCc1cccnc1.CCc1cccnc1.[Cl-].[Cl-].[Pt+2]. The van der Waals surface area contributed by atoms with Crippen LogP contribution >= 0.6 is 0 Å². The number of aryl methyl sites for hydroxylation is 2. The van der Waals surface area contributed by atoms with Gasteiger partial charge in [-0.2, -0.15) is 0 Å². The van der Waals surface area contributed by atoms with Gasteiger partial charge in [0, 0.05) is 24.8 Å². The number of aromatic nitrogens is 2. The number of hydrogen-bond donors (Lipinski definition) is 0. The number of nitrogens with zero attached hydrogens (tertiary/aromatic N) is 2. The van der Waals surface area contributed by atoms with E-state index in [-0.39, 0.29) is 45.9 Å². The van der Waals surface area contributed by atoms with Crippen LogP contribution in [0.15, 0.2) is 49.1 Å². The summed E-state index contributed by atoms with van der Waals surface area (Å²) in [7, 11) is 0. The van der Waals surface area contributed by atoms with E-state index in [9.17, 15) is 0 Å². The van der Waals surface area contributed by atoms with Crippen LogP contribution in [-0.2, 0) is 33.9 Å². The maximum absolute atomic E-state index is 3.96. The molecule has 2 aromatic rings. The van der Waals surface area contributed by atoms with Gasteiger partial charge in [0.15, 0.2) is 0 Å². The largest absolute Gasteiger partial charge is 2.00 e. The predicted molar refractivity (Wildman–Crippen MR) is 67.2 cm³/mol. The second-order valence-corrected chi connectivity index (χ2v) is 3.43. The summed E-state index contributed by atoms with van der Waals surface area (Å²) in [5, 5.41) is 0. The van der Waals surface area contributed by atoms with E-state index >= 15 is 0 Å². The Morgan fingerprint density at radius 1 is 0.789 bits per heavy atom. The van der Waals surface area contributed by atoms with Gasteiger partial charge in [-0.1, -0.05) is 26.0 Å². The van der Waals surface area contributed by atoms with E-state index < -0.39 is 0 Å². The first kappa shape index (κ1) is 23.6. The summed E-state index contributed by atoms with van der Waals surface area (Å²) in [4.78, 5) is 7.91. The van der Waals surface area contributed by atoms with Crippen LogP contribution in [0, 0.1) is 0 Å². The zero-order valence-corrected chi connectivity index (χ0v) is 14.8. The molecule has 2 rings (SSSR count). The third-order valence-corrected chi connectivity index (χ3v) is 2.26. The summed E-state index contributed by atoms with van der Waals surface area (Å²) >= 11 is 0. The van der Waals surface area contributed by atoms with Gasteiger partial charge in [-0.15, -0.1) is 0 Å². The molecule has 0 saturated carbocycles. The van der Waals surface area contributed by atoms with Gasteiger partial charge in [-0.3, -0.25) is 9.97 Å². The van der Waals surface area contributed by atoms with E-state index in [2.05, 4.69) is 35.9 Å². The molecule has 19 heavy (non-hydrogen) atoms. The van der Waals surface area contributed by atoms with Gasteiger partial charge in [-0.25, -0.2) is 0 Å². The minimum atomic E-state index is 0. The van der Waals surface area contributed by atoms with Crippen molar-refractivity contribution >= 4 is 0 Å². The quantitative estimate of drug-likeness (QED) is 0.468. The van der Waals surface area contributed by atoms with Crippen molar-refractivity contribution in [1.82, 2.24) is 9.97 Å². The Labute approximate surface area is 142 Å². The summed E-state index contributed by atoms with van der Waals surface area (Å²) in [6.07, 6.45) is 9.51. The topological polar surface area (TPSA) is 25.8 Å². The van der Waals surface area contributed by atoms with Gasteiger partial charge < -0.3 is 24.8 Å². The molecule has 0 radical (unpaired) electrons. The molecule has 0 saturated heterocycles. The minimum Gasteiger partial charge on any atom is -1.00 e. The van der Waals surface area contributed by atoms with Crippen LogP contribution in [0.25, 0.3) is 0 Å². The van der Waals surface area contributed by atoms with Crippen molar-refractivity contribution in [1.29, 1.82) is 0 Å². The van der Waals surface area contributed by atoms with Gasteiger partial charge in [-0.05, 0) is 36.1 Å². The van der Waals surface area contributed by atoms with Crippen LogP contribution in [0.1, 0.15) is 25.0 Å². The average molecular weight is 480 g/mol. The fourth-order valence-corrected chi connectivity index (χ4v) is 1.21. The molecular formula is C14H18Cl2N2Pt. The van der Waals surface area contributed by atoms with Gasteiger partial charge in [0.25, 0.3) is 0 Å². The minimum absolute atomic E-state index is 0. The Kier molecular flexibility index (Phi) is 19.4. The zero-order chi connectivity index (χ0) is 11.6. The van der Waals surface area contributed by atoms with Crippen molar-refractivity contribution in [2.75, 3.05) is 0 Å². The second-order valence-electron chi connectivity index (χ2n) is 3.43. The molecule has 2 heterocycles. The van der Waals surface area contributed by atoms with E-state index in [1.54, 1.807) is 12.4 Å². The predicted octanol–water partition coefficient (Wildman–Crippen LogP) is -2.71. The van der Waals surface area contributed by atoms with Crippen molar-refractivity contribution in [3.8, 4) is 0 Å². The van der Waals surface area contributed by atoms with Crippen LogP contribution < -0.4 is 24.8 Å². The Bertz CT molecular complexity index is 346. The maximum atomic E-state index is 3.96. The van der Waals surface area contributed by atoms with Crippen LogP contribution in [0.4, 0.5) is 0 Å². The zero-order valence-electron chi connectivity index (χ0n) is 11.0. The van der Waals surface area contributed by atoms with Crippen LogP contribution in [0.2, 0.25) is 0 Å². The molecule has 0 spiro atoms. The first-order valence-corrected chi connectivity index (χ1v) is 5.64. The molecule has 0 aliphatic carbocycles. The molecule has 0 fully saturated rings. The first-order chi connectivity index (χ1) is 7.86. The second kappa shape index (κ2) is 15.6. The maximum Gasteiger partial charge on any atom is 2.00 e. The standard InChI is InChI=1S/2C7H9N.2ClH.Pt/c2*1-2-7-4-3-5-8-6-7;;;/h2*3-6H,2H2,1H3;2*1H;/q;;;;+2/p-2. The van der Waals surface area contributed by atoms with E-state index in [1.165, 1.54) is 11.1 Å². The van der Waals surface area contributed by atoms with Crippen LogP contribution in [0.3, 0.4) is 0 Å². The molecule has 0 aliphatic heterocycles. The van der Waals surface area contributed by atoms with Gasteiger partial charge in [0.05, 0.1) is 0 Å².